The van der Waals surface area contributed by atoms with Gasteiger partial charge in [-0.1, -0.05) is 24.3 Å². The third-order valence-corrected chi connectivity index (χ3v) is 4.17. The molecule has 0 spiro atoms. The molecule has 0 aliphatic rings. The number of hydrogen-bond donors (Lipinski definition) is 0. The first-order valence-electron chi connectivity index (χ1n) is 4.65. The largest absolute Gasteiger partial charge is 1.00 e. The zero-order valence-electron chi connectivity index (χ0n) is 10.7. The predicted molar refractivity (Wildman–Crippen MR) is 59.9 cm³/mol. The predicted octanol–water partition coefficient (Wildman–Crippen LogP) is -5.34. The fraction of sp³-hybridized carbons (Fsp3) is 0. The molecule has 0 unspecified atom stereocenters. The Morgan fingerprint density at radius 1 is 0.650 bits per heavy atom. The average Bonchev–Trinajstić information content (AvgIpc) is 2.24. The van der Waals surface area contributed by atoms with Crippen molar-refractivity contribution in [1.29, 1.82) is 0 Å². The molecular weight excluding hydrogens is 326 g/mol. The van der Waals surface area contributed by atoms with Gasteiger partial charge in [0.15, 0.2) is 0 Å². The summed E-state index contributed by atoms with van der Waals surface area (Å²) >= 11 is 0. The maximum absolute atomic E-state index is 11.0. The molecule has 0 aromatic heterocycles. The van der Waals surface area contributed by atoms with E-state index < -0.39 is 30.0 Å². The molecule has 0 N–H and O–H groups in total. The molecule has 0 aliphatic heterocycles. The van der Waals surface area contributed by atoms with Gasteiger partial charge in [0.1, 0.15) is 20.2 Å². The van der Waals surface area contributed by atoms with E-state index in [-0.39, 0.29) is 69.9 Å². The molecule has 96 valence electrons. The summed E-state index contributed by atoms with van der Waals surface area (Å²) < 4.78 is 66.1. The summed E-state index contributed by atoms with van der Waals surface area (Å²) in [6.45, 7) is 0. The Bertz CT molecular complexity index is 759. The van der Waals surface area contributed by atoms with Crippen LogP contribution in [0.2, 0.25) is 0 Å². The van der Waals surface area contributed by atoms with Crippen molar-refractivity contribution in [2.24, 2.45) is 0 Å². The van der Waals surface area contributed by atoms with Gasteiger partial charge in [-0.05, 0) is 12.1 Å². The molecule has 0 amide bonds. The molecule has 6 nitrogen and oxygen atoms in total. The Morgan fingerprint density at radius 2 is 0.950 bits per heavy atom. The molecule has 2 aromatic rings. The molecule has 0 heterocycles. The van der Waals surface area contributed by atoms with Gasteiger partial charge in [-0.15, -0.1) is 0 Å². The second-order valence-corrected chi connectivity index (χ2v) is 6.21. The Balaban J connectivity index is 0.00000180. The first-order valence-corrected chi connectivity index (χ1v) is 7.46. The molecule has 20 heavy (non-hydrogen) atoms. The van der Waals surface area contributed by atoms with Gasteiger partial charge in [0, 0.05) is 10.8 Å². The van der Waals surface area contributed by atoms with Crippen LogP contribution < -0.4 is 59.1 Å². The number of benzene rings is 2. The van der Waals surface area contributed by atoms with Crippen LogP contribution in [0.3, 0.4) is 0 Å². The van der Waals surface area contributed by atoms with Gasteiger partial charge >= 0.3 is 59.1 Å². The second kappa shape index (κ2) is 7.19. The maximum atomic E-state index is 11.0. The van der Waals surface area contributed by atoms with E-state index >= 15 is 0 Å². The quantitative estimate of drug-likeness (QED) is 0.401. The van der Waals surface area contributed by atoms with E-state index in [0.29, 0.717) is 0 Å². The smallest absolute Gasteiger partial charge is 0.744 e. The van der Waals surface area contributed by atoms with Gasteiger partial charge in [-0.2, -0.15) is 0 Å². The van der Waals surface area contributed by atoms with Crippen molar-refractivity contribution in [2.45, 2.75) is 9.79 Å². The number of rotatable bonds is 2. The Hall–Kier alpha value is 0.520. The van der Waals surface area contributed by atoms with Crippen LogP contribution in [0, 0.1) is 0 Å². The molecule has 0 atom stereocenters. The van der Waals surface area contributed by atoms with E-state index in [4.69, 9.17) is 0 Å². The minimum absolute atomic E-state index is 0. The minimum Gasteiger partial charge on any atom is -0.744 e. The fourth-order valence-electron chi connectivity index (χ4n) is 1.68. The van der Waals surface area contributed by atoms with Crippen molar-refractivity contribution < 1.29 is 85.1 Å². The molecule has 0 aliphatic carbocycles. The zero-order valence-corrected chi connectivity index (χ0v) is 16.4. The molecule has 2 aromatic carbocycles. The van der Waals surface area contributed by atoms with Gasteiger partial charge in [-0.3, -0.25) is 0 Å². The molecule has 0 saturated carbocycles. The van der Waals surface area contributed by atoms with Crippen molar-refractivity contribution >= 4 is 31.0 Å². The molecule has 2 rings (SSSR count). The molecular formula is C10H6Na2O6S2. The van der Waals surface area contributed by atoms with E-state index in [2.05, 4.69) is 0 Å². The van der Waals surface area contributed by atoms with Gasteiger partial charge in [0.25, 0.3) is 0 Å². The number of hydrogen-bond acceptors (Lipinski definition) is 6. The monoisotopic (exact) mass is 332 g/mol. The Morgan fingerprint density at radius 3 is 1.20 bits per heavy atom. The van der Waals surface area contributed by atoms with Gasteiger partial charge in [0.05, 0.1) is 9.79 Å². The Kier molecular flexibility index (Phi) is 7.37. The standard InChI is InChI=1S/C10H8O6S2.2Na/c11-17(12,13)9-5-6-10(18(14,15)16)8-4-2-1-3-7(8)9;;/h1-6H,(H,11,12,13)(H,14,15,16);;/q;2*+1/p-2. The SMILES string of the molecule is O=S(=O)([O-])c1ccc(S(=O)(=O)[O-])c2ccccc12.[Na+].[Na+]. The molecule has 0 saturated heterocycles. The van der Waals surface area contributed by atoms with Crippen LogP contribution in [0.15, 0.2) is 46.2 Å². The summed E-state index contributed by atoms with van der Waals surface area (Å²) in [7, 11) is -9.48. The van der Waals surface area contributed by atoms with Crippen LogP contribution in [0.5, 0.6) is 0 Å². The van der Waals surface area contributed by atoms with E-state index in [1.165, 1.54) is 24.3 Å². The van der Waals surface area contributed by atoms with E-state index in [1.807, 2.05) is 0 Å². The summed E-state index contributed by atoms with van der Waals surface area (Å²) in [5.74, 6) is 0. The van der Waals surface area contributed by atoms with E-state index in [1.54, 1.807) is 0 Å². The molecule has 0 fully saturated rings. The molecule has 10 heteroatoms. The van der Waals surface area contributed by atoms with E-state index in [0.717, 1.165) is 12.1 Å². The van der Waals surface area contributed by atoms with Gasteiger partial charge < -0.3 is 9.11 Å². The van der Waals surface area contributed by atoms with Crippen LogP contribution in [-0.2, 0) is 20.2 Å². The average molecular weight is 332 g/mol. The zero-order chi connectivity index (χ0) is 13.6. The van der Waals surface area contributed by atoms with Crippen LogP contribution in [0.4, 0.5) is 0 Å². The summed E-state index contributed by atoms with van der Waals surface area (Å²) in [6, 6.07) is 7.09. The summed E-state index contributed by atoms with van der Waals surface area (Å²) in [4.78, 5) is -1.10. The van der Waals surface area contributed by atoms with Gasteiger partial charge in [-0.25, -0.2) is 16.8 Å². The Labute approximate surface area is 160 Å². The number of fused-ring (bicyclic) bond motifs is 1. The van der Waals surface area contributed by atoms with Crippen molar-refractivity contribution in [3.05, 3.63) is 36.4 Å². The molecule has 0 radical (unpaired) electrons. The van der Waals surface area contributed by atoms with Crippen LogP contribution in [0.25, 0.3) is 10.8 Å². The summed E-state index contributed by atoms with van der Waals surface area (Å²) in [6.07, 6.45) is 0. The van der Waals surface area contributed by atoms with Crippen molar-refractivity contribution in [3.63, 3.8) is 0 Å². The minimum atomic E-state index is -4.74. The van der Waals surface area contributed by atoms with Crippen molar-refractivity contribution in [3.8, 4) is 0 Å². The van der Waals surface area contributed by atoms with E-state index in [9.17, 15) is 25.9 Å². The topological polar surface area (TPSA) is 114 Å². The molecule has 0 bridgehead atoms. The summed E-state index contributed by atoms with van der Waals surface area (Å²) in [5.41, 5.74) is 0. The first kappa shape index (κ1) is 20.5. The van der Waals surface area contributed by atoms with Crippen LogP contribution in [-0.4, -0.2) is 25.9 Å². The van der Waals surface area contributed by atoms with Crippen LogP contribution in [0.1, 0.15) is 0 Å². The third-order valence-electron chi connectivity index (χ3n) is 2.38. The summed E-state index contributed by atoms with van der Waals surface area (Å²) in [5, 5.41) is -0.158. The maximum Gasteiger partial charge on any atom is 1.00 e. The second-order valence-electron chi connectivity index (χ2n) is 3.52. The normalized spacial score (nSPS) is 11.5. The fourth-order valence-corrected chi connectivity index (χ4v) is 3.04. The first-order chi connectivity index (χ1) is 8.21. The van der Waals surface area contributed by atoms with Crippen LogP contribution >= 0.6 is 0 Å². The third kappa shape index (κ3) is 4.26. The van der Waals surface area contributed by atoms with Gasteiger partial charge in [0.2, 0.25) is 0 Å². The van der Waals surface area contributed by atoms with Crippen molar-refractivity contribution in [2.75, 3.05) is 0 Å². The van der Waals surface area contributed by atoms with Crippen molar-refractivity contribution in [1.82, 2.24) is 0 Å².